The van der Waals surface area contributed by atoms with Crippen LogP contribution in [-0.4, -0.2) is 16.0 Å². The van der Waals surface area contributed by atoms with Gasteiger partial charge in [0, 0.05) is 17.4 Å². The van der Waals surface area contributed by atoms with Gasteiger partial charge in [0.05, 0.1) is 0 Å². The Bertz CT molecular complexity index is 597. The van der Waals surface area contributed by atoms with E-state index in [4.69, 9.17) is 5.73 Å². The van der Waals surface area contributed by atoms with Crippen molar-refractivity contribution in [1.29, 1.82) is 0 Å². The lowest BCUT2D eigenvalue weighted by Gasteiger charge is -2.07. The molecule has 0 aliphatic heterocycles. The number of pyridine rings is 1. The quantitative estimate of drug-likeness (QED) is 0.703. The van der Waals surface area contributed by atoms with E-state index in [1.807, 2.05) is 6.92 Å². The number of carbonyl (C=O) groups is 1. The lowest BCUT2D eigenvalue weighted by atomic mass is 10.1. The van der Waals surface area contributed by atoms with Gasteiger partial charge in [-0.2, -0.15) is 0 Å². The molecule has 0 fully saturated rings. The molecule has 5 nitrogen and oxygen atoms in total. The number of nitrogens with zero attached hydrogens (tertiary/aromatic N) is 1. The van der Waals surface area contributed by atoms with Gasteiger partial charge in [0.2, 0.25) is 0 Å². The molecular weight excluding hydrogens is 230 g/mol. The second-order valence-corrected chi connectivity index (χ2v) is 3.90. The maximum absolute atomic E-state index is 11.9. The number of aromatic hydroxyl groups is 1. The van der Waals surface area contributed by atoms with Crippen LogP contribution in [0.2, 0.25) is 0 Å². The molecule has 0 aliphatic carbocycles. The number of aryl methyl sites for hydroxylation is 1. The predicted molar refractivity (Wildman–Crippen MR) is 69.4 cm³/mol. The van der Waals surface area contributed by atoms with Gasteiger partial charge in [0.25, 0.3) is 5.91 Å². The van der Waals surface area contributed by atoms with Crippen molar-refractivity contribution in [3.05, 3.63) is 47.7 Å². The monoisotopic (exact) mass is 243 g/mol. The number of aromatic nitrogens is 1. The van der Waals surface area contributed by atoms with Crippen LogP contribution in [0.3, 0.4) is 0 Å². The second-order valence-electron chi connectivity index (χ2n) is 3.90. The van der Waals surface area contributed by atoms with Gasteiger partial charge in [-0.15, -0.1) is 0 Å². The first-order valence-corrected chi connectivity index (χ1v) is 5.39. The van der Waals surface area contributed by atoms with Gasteiger partial charge in [0.15, 0.2) is 11.6 Å². The van der Waals surface area contributed by atoms with Crippen LogP contribution in [0.25, 0.3) is 0 Å². The number of rotatable bonds is 2. The highest BCUT2D eigenvalue weighted by Crippen LogP contribution is 2.20. The third kappa shape index (κ3) is 2.40. The predicted octanol–water partition coefficient (Wildman–Crippen LogP) is 1.93. The zero-order valence-corrected chi connectivity index (χ0v) is 9.84. The molecule has 0 saturated heterocycles. The minimum absolute atomic E-state index is 0.0713. The summed E-state index contributed by atoms with van der Waals surface area (Å²) < 4.78 is 0. The number of carbonyl (C=O) groups excluding carboxylic acids is 1. The van der Waals surface area contributed by atoms with E-state index in [2.05, 4.69) is 10.3 Å². The van der Waals surface area contributed by atoms with Gasteiger partial charge in [-0.25, -0.2) is 4.98 Å². The van der Waals surface area contributed by atoms with E-state index in [1.54, 1.807) is 24.3 Å². The second kappa shape index (κ2) is 4.75. The fourth-order valence-electron chi connectivity index (χ4n) is 1.49. The number of amides is 1. The molecule has 0 atom stereocenters. The smallest absolute Gasteiger partial charge is 0.256 e. The van der Waals surface area contributed by atoms with Crippen LogP contribution in [0, 0.1) is 6.92 Å². The first-order valence-electron chi connectivity index (χ1n) is 5.39. The zero-order valence-electron chi connectivity index (χ0n) is 9.84. The molecule has 1 aromatic heterocycles. The average Bonchev–Trinajstić information content (AvgIpc) is 2.35. The lowest BCUT2D eigenvalue weighted by Crippen LogP contribution is -2.13. The van der Waals surface area contributed by atoms with Crippen molar-refractivity contribution in [2.24, 2.45) is 0 Å². The number of benzene rings is 1. The van der Waals surface area contributed by atoms with Gasteiger partial charge in [0.1, 0.15) is 0 Å². The molecule has 0 radical (unpaired) electrons. The van der Waals surface area contributed by atoms with Crippen molar-refractivity contribution in [2.75, 3.05) is 11.1 Å². The van der Waals surface area contributed by atoms with Crippen LogP contribution in [-0.2, 0) is 0 Å². The molecule has 0 unspecified atom stereocenters. The van der Waals surface area contributed by atoms with Gasteiger partial charge in [-0.3, -0.25) is 4.79 Å². The van der Waals surface area contributed by atoms with Crippen LogP contribution >= 0.6 is 0 Å². The Morgan fingerprint density at radius 2 is 2.17 bits per heavy atom. The molecule has 0 saturated carbocycles. The lowest BCUT2D eigenvalue weighted by molar-refractivity contribution is 0.102. The molecular formula is C13H13N3O2. The molecule has 2 rings (SSSR count). The summed E-state index contributed by atoms with van der Waals surface area (Å²) in [5.74, 6) is -0.276. The maximum atomic E-state index is 11.9. The first kappa shape index (κ1) is 11.9. The van der Waals surface area contributed by atoms with Gasteiger partial charge in [-0.05, 0) is 42.8 Å². The normalized spacial score (nSPS) is 10.1. The topological polar surface area (TPSA) is 88.2 Å². The summed E-state index contributed by atoms with van der Waals surface area (Å²) in [4.78, 5) is 15.8. The van der Waals surface area contributed by atoms with Gasteiger partial charge in [-0.1, -0.05) is 0 Å². The maximum Gasteiger partial charge on any atom is 0.256 e. The molecule has 18 heavy (non-hydrogen) atoms. The summed E-state index contributed by atoms with van der Waals surface area (Å²) in [6.45, 7) is 1.82. The molecule has 0 spiro atoms. The van der Waals surface area contributed by atoms with E-state index in [0.717, 1.165) is 5.56 Å². The summed E-state index contributed by atoms with van der Waals surface area (Å²) in [6.07, 6.45) is 1.49. The van der Waals surface area contributed by atoms with Crippen LogP contribution in [0.5, 0.6) is 5.75 Å². The van der Waals surface area contributed by atoms with Crippen molar-refractivity contribution in [2.45, 2.75) is 6.92 Å². The number of nitrogens with two attached hydrogens (primary N) is 1. The molecule has 1 amide bonds. The van der Waals surface area contributed by atoms with Gasteiger partial charge >= 0.3 is 0 Å². The SMILES string of the molecule is Cc1cc(C(=O)Nc2ncccc2O)ccc1N. The molecule has 1 heterocycles. The van der Waals surface area contributed by atoms with Crippen LogP contribution in [0.15, 0.2) is 36.5 Å². The Morgan fingerprint density at radius 3 is 2.83 bits per heavy atom. The van der Waals surface area contributed by atoms with Crippen molar-refractivity contribution in [1.82, 2.24) is 4.98 Å². The highest BCUT2D eigenvalue weighted by atomic mass is 16.3. The van der Waals surface area contributed by atoms with Crippen molar-refractivity contribution >= 4 is 17.4 Å². The summed E-state index contributed by atoms with van der Waals surface area (Å²) in [6, 6.07) is 8.01. The highest BCUT2D eigenvalue weighted by molar-refractivity contribution is 6.04. The minimum Gasteiger partial charge on any atom is -0.504 e. The van der Waals surface area contributed by atoms with E-state index >= 15 is 0 Å². The molecule has 1 aromatic carbocycles. The number of nitrogens with one attached hydrogen (secondary N) is 1. The van der Waals surface area contributed by atoms with Crippen molar-refractivity contribution in [3.8, 4) is 5.75 Å². The third-order valence-corrected chi connectivity index (χ3v) is 2.55. The zero-order chi connectivity index (χ0) is 13.1. The Balaban J connectivity index is 2.22. The summed E-state index contributed by atoms with van der Waals surface area (Å²) in [5.41, 5.74) is 7.60. The number of hydrogen-bond acceptors (Lipinski definition) is 4. The molecule has 0 aliphatic rings. The Labute approximate surface area is 104 Å². The van der Waals surface area contributed by atoms with E-state index in [9.17, 15) is 9.90 Å². The Morgan fingerprint density at radius 1 is 1.39 bits per heavy atom. The Kier molecular flexibility index (Phi) is 3.14. The Hall–Kier alpha value is -2.56. The molecule has 2 aromatic rings. The standard InChI is InChI=1S/C13H13N3O2/c1-8-7-9(4-5-10(8)14)13(18)16-12-11(17)3-2-6-15-12/h2-7,17H,14H2,1H3,(H,15,16,18). The van der Waals surface area contributed by atoms with Crippen LogP contribution < -0.4 is 11.1 Å². The number of nitrogen functional groups attached to an aromatic ring is 1. The van der Waals surface area contributed by atoms with E-state index in [0.29, 0.717) is 11.3 Å². The van der Waals surface area contributed by atoms with E-state index in [1.165, 1.54) is 12.3 Å². The van der Waals surface area contributed by atoms with Crippen LogP contribution in [0.4, 0.5) is 11.5 Å². The van der Waals surface area contributed by atoms with Gasteiger partial charge < -0.3 is 16.2 Å². The highest BCUT2D eigenvalue weighted by Gasteiger charge is 2.10. The van der Waals surface area contributed by atoms with Crippen molar-refractivity contribution < 1.29 is 9.90 Å². The fourth-order valence-corrected chi connectivity index (χ4v) is 1.49. The summed E-state index contributed by atoms with van der Waals surface area (Å²) in [5, 5.41) is 12.0. The first-order chi connectivity index (χ1) is 8.58. The summed E-state index contributed by atoms with van der Waals surface area (Å²) in [7, 11) is 0. The molecule has 4 N–H and O–H groups in total. The van der Waals surface area contributed by atoms with E-state index in [-0.39, 0.29) is 17.5 Å². The van der Waals surface area contributed by atoms with Crippen LogP contribution in [0.1, 0.15) is 15.9 Å². The van der Waals surface area contributed by atoms with Crippen molar-refractivity contribution in [3.63, 3.8) is 0 Å². The third-order valence-electron chi connectivity index (χ3n) is 2.55. The average molecular weight is 243 g/mol. The largest absolute Gasteiger partial charge is 0.504 e. The van der Waals surface area contributed by atoms with E-state index < -0.39 is 0 Å². The number of anilines is 2. The fraction of sp³-hybridized carbons (Fsp3) is 0.0769. The summed E-state index contributed by atoms with van der Waals surface area (Å²) >= 11 is 0. The number of hydrogen-bond donors (Lipinski definition) is 3. The minimum atomic E-state index is -0.341. The molecule has 0 bridgehead atoms. The molecule has 5 heteroatoms. The molecule has 92 valence electrons.